The van der Waals surface area contributed by atoms with E-state index in [0.29, 0.717) is 58.1 Å². The number of furan rings is 2. The highest BCUT2D eigenvalue weighted by molar-refractivity contribution is 9.10. The average molecular weight is 656 g/mol. The van der Waals surface area contributed by atoms with Crippen molar-refractivity contribution in [1.29, 1.82) is 0 Å². The van der Waals surface area contributed by atoms with Crippen LogP contribution in [0.4, 0.5) is 0 Å². The molecular formula is C35H47BrN2O5. The molecule has 0 spiro atoms. The highest BCUT2D eigenvalue weighted by Crippen LogP contribution is 2.47. The molecule has 8 heteroatoms. The Morgan fingerprint density at radius 2 is 1.02 bits per heavy atom. The third kappa shape index (κ3) is 8.20. The molecule has 234 valence electrons. The molecule has 43 heavy (non-hydrogen) atoms. The molecule has 0 saturated heterocycles. The van der Waals surface area contributed by atoms with E-state index in [1.807, 2.05) is 0 Å². The Hall–Kier alpha value is -2.87. The summed E-state index contributed by atoms with van der Waals surface area (Å²) in [6, 6.07) is 6.85. The summed E-state index contributed by atoms with van der Waals surface area (Å²) < 4.78 is 12.3. The van der Waals surface area contributed by atoms with Gasteiger partial charge in [-0.2, -0.15) is 0 Å². The zero-order valence-corrected chi connectivity index (χ0v) is 27.5. The van der Waals surface area contributed by atoms with E-state index < -0.39 is 0 Å². The van der Waals surface area contributed by atoms with Crippen LogP contribution in [0, 0.1) is 0 Å². The van der Waals surface area contributed by atoms with Crippen molar-refractivity contribution in [2.75, 3.05) is 13.1 Å². The summed E-state index contributed by atoms with van der Waals surface area (Å²) >= 11 is 3.39. The standard InChI is InChI=1S/C35H47BrN2O5/c1-3-5-7-9-11-13-15-17-23-37-32(27-20-19-26(25-39)42-27)30-31(35(37)41)33(28-21-22-29(36)43-28)38(34(30)40)24-18-16-14-12-10-8-6-4-2/h19-22,25H,3-18,23-24H2,1-2H3. The molecule has 0 bridgehead atoms. The first-order valence-corrected chi connectivity index (χ1v) is 17.2. The van der Waals surface area contributed by atoms with Gasteiger partial charge in [-0.05, 0) is 53.0 Å². The van der Waals surface area contributed by atoms with Crippen LogP contribution in [0.2, 0.25) is 0 Å². The molecule has 4 rings (SSSR count). The van der Waals surface area contributed by atoms with E-state index in [4.69, 9.17) is 8.83 Å². The quantitative estimate of drug-likeness (QED) is 0.0988. The number of hydrogen-bond donors (Lipinski definition) is 0. The zero-order valence-electron chi connectivity index (χ0n) is 25.9. The van der Waals surface area contributed by atoms with Gasteiger partial charge in [-0.15, -0.1) is 0 Å². The number of carbonyl (C=O) groups excluding carboxylic acids is 3. The lowest BCUT2D eigenvalue weighted by atomic mass is 10.1. The minimum absolute atomic E-state index is 0.163. The maximum absolute atomic E-state index is 14.2. The number of hydrogen-bond acceptors (Lipinski definition) is 5. The number of halogens is 1. The summed E-state index contributed by atoms with van der Waals surface area (Å²) in [5.41, 5.74) is 1.70. The molecule has 2 amide bonds. The number of aldehydes is 1. The molecule has 0 atom stereocenters. The molecule has 2 aromatic heterocycles. The van der Waals surface area contributed by atoms with E-state index in [9.17, 15) is 14.4 Å². The van der Waals surface area contributed by atoms with Crippen LogP contribution >= 0.6 is 15.9 Å². The number of amides is 2. The second-order valence-corrected chi connectivity index (χ2v) is 12.5. The van der Waals surface area contributed by atoms with Crippen LogP contribution in [0.5, 0.6) is 0 Å². The van der Waals surface area contributed by atoms with E-state index in [-0.39, 0.29) is 17.6 Å². The van der Waals surface area contributed by atoms with Crippen LogP contribution in [-0.4, -0.2) is 41.0 Å². The summed E-state index contributed by atoms with van der Waals surface area (Å²) in [6.45, 7) is 5.43. The number of carbonyl (C=O) groups is 3. The molecule has 2 aromatic rings. The van der Waals surface area contributed by atoms with Crippen LogP contribution in [0.25, 0.3) is 11.4 Å². The van der Waals surface area contributed by atoms with Gasteiger partial charge in [-0.25, -0.2) is 0 Å². The van der Waals surface area contributed by atoms with E-state index >= 15 is 0 Å². The highest BCUT2D eigenvalue weighted by Gasteiger charge is 2.50. The normalized spacial score (nSPS) is 15.0. The van der Waals surface area contributed by atoms with Gasteiger partial charge in [0, 0.05) is 13.1 Å². The SMILES string of the molecule is CCCCCCCCCCN1C(=O)C2=C(c3ccc(C=O)o3)N(CCCCCCCCCC)C(=O)C2=C1c1ccc(Br)o1. The Kier molecular flexibility index (Phi) is 12.9. The molecule has 0 radical (unpaired) electrons. The first-order chi connectivity index (χ1) is 21.0. The summed E-state index contributed by atoms with van der Waals surface area (Å²) in [5, 5.41) is 0. The van der Waals surface area contributed by atoms with Crippen molar-refractivity contribution in [3.63, 3.8) is 0 Å². The van der Waals surface area contributed by atoms with Crippen molar-refractivity contribution in [3.05, 3.63) is 57.4 Å². The van der Waals surface area contributed by atoms with Crippen LogP contribution in [0.15, 0.2) is 48.9 Å². The van der Waals surface area contributed by atoms with Gasteiger partial charge in [0.15, 0.2) is 28.2 Å². The van der Waals surface area contributed by atoms with Gasteiger partial charge >= 0.3 is 0 Å². The van der Waals surface area contributed by atoms with Crippen LogP contribution in [0.3, 0.4) is 0 Å². The first kappa shape index (κ1) is 33.0. The van der Waals surface area contributed by atoms with Crippen molar-refractivity contribution >= 4 is 45.4 Å². The molecule has 0 saturated carbocycles. The van der Waals surface area contributed by atoms with Gasteiger partial charge in [0.25, 0.3) is 11.8 Å². The fourth-order valence-corrected chi connectivity index (χ4v) is 6.43. The van der Waals surface area contributed by atoms with Gasteiger partial charge in [-0.3, -0.25) is 14.4 Å². The van der Waals surface area contributed by atoms with Crippen molar-refractivity contribution in [1.82, 2.24) is 9.80 Å². The van der Waals surface area contributed by atoms with Crippen molar-refractivity contribution in [3.8, 4) is 0 Å². The summed E-state index contributed by atoms with van der Waals surface area (Å²) in [7, 11) is 0. The van der Waals surface area contributed by atoms with Crippen molar-refractivity contribution < 1.29 is 23.2 Å². The van der Waals surface area contributed by atoms with Gasteiger partial charge in [0.2, 0.25) is 0 Å². The smallest absolute Gasteiger partial charge is 0.261 e. The van der Waals surface area contributed by atoms with Gasteiger partial charge in [0.1, 0.15) is 11.4 Å². The second kappa shape index (κ2) is 16.8. The largest absolute Gasteiger partial charge is 0.452 e. The molecule has 7 nitrogen and oxygen atoms in total. The monoisotopic (exact) mass is 654 g/mol. The summed E-state index contributed by atoms with van der Waals surface area (Å²) in [5.74, 6) is 0.579. The number of rotatable bonds is 21. The lowest BCUT2D eigenvalue weighted by Crippen LogP contribution is -2.31. The van der Waals surface area contributed by atoms with Crippen molar-refractivity contribution in [2.24, 2.45) is 0 Å². The fourth-order valence-electron chi connectivity index (χ4n) is 6.13. The predicted octanol–water partition coefficient (Wildman–Crippen LogP) is 9.54. The number of fused-ring (bicyclic) bond motifs is 1. The van der Waals surface area contributed by atoms with Gasteiger partial charge in [-0.1, -0.05) is 104 Å². The molecule has 2 aliphatic rings. The molecular weight excluding hydrogens is 608 g/mol. The van der Waals surface area contributed by atoms with E-state index in [1.165, 1.54) is 64.2 Å². The van der Waals surface area contributed by atoms with Crippen molar-refractivity contribution in [2.45, 2.75) is 117 Å². The minimum atomic E-state index is -0.216. The Morgan fingerprint density at radius 3 is 1.42 bits per heavy atom. The van der Waals surface area contributed by atoms with E-state index in [2.05, 4.69) is 29.8 Å². The number of unbranched alkanes of at least 4 members (excludes halogenated alkanes) is 14. The van der Waals surface area contributed by atoms with Crippen LogP contribution in [-0.2, 0) is 9.59 Å². The second-order valence-electron chi connectivity index (χ2n) is 11.7. The Morgan fingerprint density at radius 1 is 0.605 bits per heavy atom. The molecule has 2 aliphatic heterocycles. The number of nitrogens with zero attached hydrogens (tertiary/aromatic N) is 2. The molecule has 0 N–H and O–H groups in total. The fraction of sp³-hybridized carbons (Fsp3) is 0.571. The first-order valence-electron chi connectivity index (χ1n) is 16.5. The third-order valence-corrected chi connectivity index (χ3v) is 8.86. The van der Waals surface area contributed by atoms with Gasteiger partial charge < -0.3 is 18.6 Å². The van der Waals surface area contributed by atoms with E-state index in [0.717, 1.165) is 38.5 Å². The lowest BCUT2D eigenvalue weighted by Gasteiger charge is -2.23. The third-order valence-electron chi connectivity index (χ3n) is 8.43. The molecule has 0 aliphatic carbocycles. The van der Waals surface area contributed by atoms with Crippen LogP contribution < -0.4 is 0 Å². The average Bonchev–Trinajstić information content (AvgIpc) is 3.77. The molecule has 4 heterocycles. The molecule has 0 aromatic carbocycles. The predicted molar refractivity (Wildman–Crippen MR) is 173 cm³/mol. The highest BCUT2D eigenvalue weighted by atomic mass is 79.9. The van der Waals surface area contributed by atoms with Crippen LogP contribution in [0.1, 0.15) is 139 Å². The summed E-state index contributed by atoms with van der Waals surface area (Å²) in [6.07, 6.45) is 19.0. The Labute approximate surface area is 264 Å². The Bertz CT molecular complexity index is 1300. The summed E-state index contributed by atoms with van der Waals surface area (Å²) in [4.78, 5) is 43.1. The maximum atomic E-state index is 14.2. The lowest BCUT2D eigenvalue weighted by molar-refractivity contribution is -0.124. The van der Waals surface area contributed by atoms with Gasteiger partial charge in [0.05, 0.1) is 11.1 Å². The van der Waals surface area contributed by atoms with E-state index in [1.54, 1.807) is 34.1 Å². The Balaban J connectivity index is 1.56. The maximum Gasteiger partial charge on any atom is 0.261 e. The minimum Gasteiger partial charge on any atom is -0.452 e. The topological polar surface area (TPSA) is 84.0 Å². The zero-order chi connectivity index (χ0) is 30.6. The molecule has 0 fully saturated rings. The molecule has 0 unspecified atom stereocenters.